The second kappa shape index (κ2) is 40.5. The average Bonchev–Trinajstić information content (AvgIpc) is 1.70. The Labute approximate surface area is 64.2 Å². The van der Waals surface area contributed by atoms with Gasteiger partial charge >= 0.3 is 0 Å². The fraction of sp³-hybridized carbons (Fsp3) is 1.00. The lowest BCUT2D eigenvalue weighted by molar-refractivity contribution is 0.277. The van der Waals surface area contributed by atoms with Crippen LogP contribution in [0.3, 0.4) is 0 Å². The van der Waals surface area contributed by atoms with Crippen LogP contribution in [0.1, 0.15) is 20.3 Å². The van der Waals surface area contributed by atoms with E-state index in [1.54, 1.807) is 26.0 Å². The van der Waals surface area contributed by atoms with Crippen LogP contribution in [0.5, 0.6) is 0 Å². The highest BCUT2D eigenvalue weighted by atomic mass is 32.2. The van der Waals surface area contributed by atoms with Gasteiger partial charge in [0, 0.05) is 14.2 Å². The van der Waals surface area contributed by atoms with Crippen LogP contribution in [0.25, 0.3) is 0 Å². The zero-order valence-electron chi connectivity index (χ0n) is 7.52. The van der Waals surface area contributed by atoms with E-state index >= 15 is 0 Å². The second-order valence-electron chi connectivity index (χ2n) is 1.52. The lowest BCUT2D eigenvalue weighted by Gasteiger charge is -1.61. The maximum Gasteiger partial charge on any atom is 0.0351 e. The van der Waals surface area contributed by atoms with Gasteiger partial charge in [-0.25, -0.2) is 0 Å². The van der Waals surface area contributed by atoms with Gasteiger partial charge in [0.2, 0.25) is 0 Å². The molecule has 0 radical (unpaired) electrons. The van der Waals surface area contributed by atoms with E-state index in [9.17, 15) is 0 Å². The highest BCUT2D eigenvalue weighted by Gasteiger charge is 1.35. The monoisotopic (exact) mass is 152 g/mol. The van der Waals surface area contributed by atoms with Crippen molar-refractivity contribution in [2.45, 2.75) is 20.3 Å². The van der Waals surface area contributed by atoms with E-state index < -0.39 is 0 Å². The Kier molecular flexibility index (Phi) is 72.7. The quantitative estimate of drug-likeness (QED) is 0.528. The van der Waals surface area contributed by atoms with Gasteiger partial charge in [-0.3, -0.25) is 0 Å². The molecule has 0 aliphatic carbocycles. The summed E-state index contributed by atoms with van der Waals surface area (Å²) in [7, 11) is 3.25. The third kappa shape index (κ3) is 3440. The lowest BCUT2D eigenvalue weighted by atomic mass is 10.6. The van der Waals surface area contributed by atoms with Crippen LogP contribution >= 0.6 is 11.8 Å². The van der Waals surface area contributed by atoms with Crippen LogP contribution in [0, 0.1) is 0 Å². The Morgan fingerprint density at radius 1 is 1.11 bits per heavy atom. The highest BCUT2D eigenvalue weighted by molar-refractivity contribution is 7.97. The SMILES string of the molecule is CCC.COC.CSC. The van der Waals surface area contributed by atoms with Gasteiger partial charge < -0.3 is 4.74 Å². The Balaban J connectivity index is -0.0000000600. The fourth-order valence-corrected chi connectivity index (χ4v) is 0. The molecular formula is C7H20OS. The smallest absolute Gasteiger partial charge is 0.0351 e. The molecule has 0 aromatic rings. The molecule has 0 spiro atoms. The minimum Gasteiger partial charge on any atom is -0.388 e. The van der Waals surface area contributed by atoms with Crippen molar-refractivity contribution >= 4 is 11.8 Å². The number of rotatable bonds is 0. The third-order valence-electron chi connectivity index (χ3n) is 0. The molecule has 0 aromatic heterocycles. The summed E-state index contributed by atoms with van der Waals surface area (Å²) < 4.78 is 4.25. The molecule has 0 atom stereocenters. The molecule has 0 fully saturated rings. The third-order valence-corrected chi connectivity index (χ3v) is 0. The highest BCUT2D eigenvalue weighted by Crippen LogP contribution is 1.70. The van der Waals surface area contributed by atoms with Gasteiger partial charge in [0.05, 0.1) is 0 Å². The van der Waals surface area contributed by atoms with E-state index in [1.807, 2.05) is 12.5 Å². The number of methoxy groups -OCH3 is 1. The zero-order chi connectivity index (χ0) is 8.12. The summed E-state index contributed by atoms with van der Waals surface area (Å²) >= 11 is 1.75. The number of ether oxygens (including phenoxy) is 1. The lowest BCUT2D eigenvalue weighted by Crippen LogP contribution is -1.55. The molecule has 0 amide bonds. The molecule has 0 rings (SSSR count). The molecule has 0 aliphatic heterocycles. The summed E-state index contributed by atoms with van der Waals surface area (Å²) in [5.41, 5.74) is 0. The Morgan fingerprint density at radius 3 is 1.11 bits per heavy atom. The molecule has 9 heavy (non-hydrogen) atoms. The molecule has 0 heterocycles. The molecule has 0 saturated heterocycles. The van der Waals surface area contributed by atoms with Crippen LogP contribution in [0.2, 0.25) is 0 Å². The van der Waals surface area contributed by atoms with Gasteiger partial charge in [-0.1, -0.05) is 20.3 Å². The number of hydrogen-bond acceptors (Lipinski definition) is 2. The normalized spacial score (nSPS) is 6.00. The summed E-state index contributed by atoms with van der Waals surface area (Å²) in [5, 5.41) is 0. The van der Waals surface area contributed by atoms with Crippen molar-refractivity contribution in [1.82, 2.24) is 0 Å². The van der Waals surface area contributed by atoms with E-state index in [1.165, 1.54) is 6.42 Å². The van der Waals surface area contributed by atoms with Gasteiger partial charge in [0.25, 0.3) is 0 Å². The molecule has 1 nitrogen and oxygen atoms in total. The van der Waals surface area contributed by atoms with Crippen LogP contribution < -0.4 is 0 Å². The first-order valence-electron chi connectivity index (χ1n) is 3.05. The summed E-state index contributed by atoms with van der Waals surface area (Å²) in [4.78, 5) is 0. The van der Waals surface area contributed by atoms with Crippen molar-refractivity contribution in [2.24, 2.45) is 0 Å². The number of thioether (sulfide) groups is 1. The van der Waals surface area contributed by atoms with Crippen LogP contribution in [0.4, 0.5) is 0 Å². The largest absolute Gasteiger partial charge is 0.388 e. The topological polar surface area (TPSA) is 9.23 Å². The van der Waals surface area contributed by atoms with Gasteiger partial charge in [-0.05, 0) is 12.5 Å². The van der Waals surface area contributed by atoms with Crippen LogP contribution in [-0.2, 0) is 4.74 Å². The van der Waals surface area contributed by atoms with Crippen molar-refractivity contribution < 1.29 is 4.74 Å². The van der Waals surface area contributed by atoms with E-state index in [-0.39, 0.29) is 0 Å². The van der Waals surface area contributed by atoms with Gasteiger partial charge in [0.1, 0.15) is 0 Å². The molecule has 0 aromatic carbocycles. The molecule has 0 saturated carbocycles. The minimum atomic E-state index is 1.25. The van der Waals surface area contributed by atoms with Crippen molar-refractivity contribution in [3.63, 3.8) is 0 Å². The Bertz CT molecular complexity index is 13.6. The minimum absolute atomic E-state index is 1.25. The summed E-state index contributed by atoms with van der Waals surface area (Å²) in [6.45, 7) is 4.25. The first-order valence-corrected chi connectivity index (χ1v) is 4.68. The Morgan fingerprint density at radius 2 is 1.11 bits per heavy atom. The first kappa shape index (κ1) is 16.1. The van der Waals surface area contributed by atoms with E-state index in [0.717, 1.165) is 0 Å². The van der Waals surface area contributed by atoms with Crippen molar-refractivity contribution in [3.05, 3.63) is 0 Å². The molecular weight excluding hydrogens is 132 g/mol. The predicted molar refractivity (Wildman–Crippen MR) is 48.3 cm³/mol. The summed E-state index contributed by atoms with van der Waals surface area (Å²) in [5.74, 6) is 0. The van der Waals surface area contributed by atoms with E-state index in [0.29, 0.717) is 0 Å². The standard InChI is InChI=1S/C3H8.C2H6O.C2H6S/c3*1-3-2/h3H2,1-2H3;2*1-2H3. The Hall–Kier alpha value is 0.310. The van der Waals surface area contributed by atoms with E-state index in [4.69, 9.17) is 0 Å². The second-order valence-corrected chi connectivity index (χ2v) is 2.34. The van der Waals surface area contributed by atoms with Gasteiger partial charge in [0.15, 0.2) is 0 Å². The predicted octanol–water partition coefficient (Wildman–Crippen LogP) is 2.66. The fourth-order valence-electron chi connectivity index (χ4n) is 0. The first-order chi connectivity index (χ1) is 4.24. The van der Waals surface area contributed by atoms with Crippen molar-refractivity contribution in [3.8, 4) is 0 Å². The summed E-state index contributed by atoms with van der Waals surface area (Å²) in [6.07, 6.45) is 5.33. The maximum atomic E-state index is 4.25. The molecule has 0 N–H and O–H groups in total. The molecule has 0 aliphatic rings. The van der Waals surface area contributed by atoms with Crippen molar-refractivity contribution in [1.29, 1.82) is 0 Å². The van der Waals surface area contributed by atoms with E-state index in [2.05, 4.69) is 18.6 Å². The average molecular weight is 152 g/mol. The van der Waals surface area contributed by atoms with Crippen LogP contribution in [-0.4, -0.2) is 26.7 Å². The molecule has 2 heteroatoms. The van der Waals surface area contributed by atoms with Crippen molar-refractivity contribution in [2.75, 3.05) is 26.7 Å². The zero-order valence-corrected chi connectivity index (χ0v) is 8.34. The summed E-state index contributed by atoms with van der Waals surface area (Å²) in [6, 6.07) is 0. The van der Waals surface area contributed by atoms with Gasteiger partial charge in [-0.2, -0.15) is 11.8 Å². The molecule has 60 valence electrons. The van der Waals surface area contributed by atoms with Crippen LogP contribution in [0.15, 0.2) is 0 Å². The van der Waals surface area contributed by atoms with Gasteiger partial charge in [-0.15, -0.1) is 0 Å². The maximum absolute atomic E-state index is 4.25. The molecule has 0 unspecified atom stereocenters. The molecule has 0 bridgehead atoms. The number of hydrogen-bond donors (Lipinski definition) is 0.